The second-order valence-electron chi connectivity index (χ2n) is 7.64. The number of nitrogens with zero attached hydrogens (tertiary/aromatic N) is 3. The first-order valence-corrected chi connectivity index (χ1v) is 10.6. The van der Waals surface area contributed by atoms with E-state index < -0.39 is 0 Å². The van der Waals surface area contributed by atoms with Gasteiger partial charge in [-0.2, -0.15) is 0 Å². The molecule has 1 aromatic carbocycles. The molecule has 3 aromatic rings. The van der Waals surface area contributed by atoms with Gasteiger partial charge in [0.2, 0.25) is 5.91 Å². The number of likely N-dealkylation sites (N-methyl/N-ethyl adjacent to an activating group) is 1. The van der Waals surface area contributed by atoms with Crippen molar-refractivity contribution < 1.29 is 9.53 Å². The van der Waals surface area contributed by atoms with Gasteiger partial charge in [-0.1, -0.05) is 0 Å². The number of hydrogen-bond donors (Lipinski definition) is 1. The number of carbonyl (C=O) groups excluding carboxylic acids is 1. The van der Waals surface area contributed by atoms with Crippen molar-refractivity contribution in [3.63, 3.8) is 0 Å². The van der Waals surface area contributed by atoms with Gasteiger partial charge in [0.1, 0.15) is 11.9 Å². The van der Waals surface area contributed by atoms with Crippen LogP contribution in [0.4, 0.5) is 0 Å². The summed E-state index contributed by atoms with van der Waals surface area (Å²) in [5.74, 6) is 1.00. The van der Waals surface area contributed by atoms with E-state index in [1.54, 1.807) is 16.2 Å². The minimum absolute atomic E-state index is 0.0260. The summed E-state index contributed by atoms with van der Waals surface area (Å²) in [5.41, 5.74) is 1.98. The van der Waals surface area contributed by atoms with Gasteiger partial charge >= 0.3 is 0 Å². The molecule has 2 atom stereocenters. The lowest BCUT2D eigenvalue weighted by atomic mass is 10.1. The molecule has 1 amide bonds. The molecule has 148 valence electrons. The van der Waals surface area contributed by atoms with Crippen molar-refractivity contribution in [3.8, 4) is 5.75 Å². The van der Waals surface area contributed by atoms with Gasteiger partial charge in [0.15, 0.2) is 6.17 Å². The Morgan fingerprint density at radius 2 is 2.21 bits per heavy atom. The highest BCUT2D eigenvalue weighted by Crippen LogP contribution is 2.24. The maximum Gasteiger partial charge on any atom is 0.222 e. The Bertz CT molecular complexity index is 1220. The number of aromatic nitrogens is 1. The molecular weight excluding hydrogens is 384 g/mol. The summed E-state index contributed by atoms with van der Waals surface area (Å²) in [7, 11) is 1.83. The summed E-state index contributed by atoms with van der Waals surface area (Å²) in [6.07, 6.45) is 5.02. The quantitative estimate of drug-likeness (QED) is 0.725. The molecule has 1 saturated heterocycles. The van der Waals surface area contributed by atoms with Crippen LogP contribution in [0.15, 0.2) is 40.8 Å². The molecule has 2 unspecified atom stereocenters. The standard InChI is InChI=1S/C22H22N4O2S/c1-13-7-17(28-16-3-4-20(27)26(2)12-16)8-15-11-24-22(25-21(13)15)18-9-19-14(10-23-18)5-6-29-19/h5-11,16,22,24H,3-4,12H2,1-2H3. The van der Waals surface area contributed by atoms with E-state index in [-0.39, 0.29) is 18.2 Å². The number of fused-ring (bicyclic) bond motifs is 2. The molecule has 29 heavy (non-hydrogen) atoms. The molecule has 7 heteroatoms. The summed E-state index contributed by atoms with van der Waals surface area (Å²) < 4.78 is 7.39. The van der Waals surface area contributed by atoms with E-state index in [0.717, 1.165) is 39.4 Å². The van der Waals surface area contributed by atoms with Crippen molar-refractivity contribution in [1.82, 2.24) is 15.2 Å². The predicted molar refractivity (Wildman–Crippen MR) is 113 cm³/mol. The molecule has 0 radical (unpaired) electrons. The fourth-order valence-corrected chi connectivity index (χ4v) is 4.70. The van der Waals surface area contributed by atoms with Gasteiger partial charge < -0.3 is 15.0 Å². The van der Waals surface area contributed by atoms with Gasteiger partial charge in [-0.25, -0.2) is 0 Å². The van der Waals surface area contributed by atoms with E-state index in [1.165, 1.54) is 4.70 Å². The second kappa shape index (κ2) is 7.15. The molecule has 1 N–H and O–H groups in total. The van der Waals surface area contributed by atoms with Gasteiger partial charge in [-0.15, -0.1) is 11.3 Å². The Hall–Kier alpha value is -2.93. The lowest BCUT2D eigenvalue weighted by molar-refractivity contribution is -0.134. The number of carbonyl (C=O) groups is 1. The largest absolute Gasteiger partial charge is 0.489 e. The number of rotatable bonds is 3. The molecule has 2 aromatic heterocycles. The Labute approximate surface area is 172 Å². The summed E-state index contributed by atoms with van der Waals surface area (Å²) >= 11 is 1.71. The van der Waals surface area contributed by atoms with Crippen molar-refractivity contribution >= 4 is 33.5 Å². The maximum atomic E-state index is 11.7. The van der Waals surface area contributed by atoms with Crippen LogP contribution in [0.3, 0.4) is 0 Å². The molecule has 5 rings (SSSR count). The fraction of sp³-hybridized carbons (Fsp3) is 0.318. The van der Waals surface area contributed by atoms with Crippen molar-refractivity contribution in [3.05, 3.63) is 57.7 Å². The van der Waals surface area contributed by atoms with Crippen LogP contribution in [0.1, 0.15) is 30.3 Å². The van der Waals surface area contributed by atoms with Gasteiger partial charge in [-0.05, 0) is 48.6 Å². The first-order valence-electron chi connectivity index (χ1n) is 9.75. The van der Waals surface area contributed by atoms with Gasteiger partial charge in [0.05, 0.1) is 17.6 Å². The van der Waals surface area contributed by atoms with Crippen LogP contribution in [0.2, 0.25) is 0 Å². The normalized spacial score (nSPS) is 21.2. The Morgan fingerprint density at radius 3 is 3.07 bits per heavy atom. The predicted octanol–water partition coefficient (Wildman–Crippen LogP) is 2.26. The fourth-order valence-electron chi connectivity index (χ4n) is 3.90. The molecule has 0 spiro atoms. The number of amides is 1. The SMILES string of the molecule is Cc1cc(OC2CCC(=O)N(C)C2)cc2c1=NC(c1cc3sccc3cn1)NC=2. The van der Waals surface area contributed by atoms with Crippen molar-refractivity contribution in [1.29, 1.82) is 0 Å². The number of aryl methyl sites for hydroxylation is 1. The topological polar surface area (TPSA) is 66.8 Å². The van der Waals surface area contributed by atoms with Crippen LogP contribution in [0.5, 0.6) is 5.75 Å². The summed E-state index contributed by atoms with van der Waals surface area (Å²) in [6.45, 7) is 2.68. The van der Waals surface area contributed by atoms with Crippen molar-refractivity contribution in [2.75, 3.05) is 13.6 Å². The van der Waals surface area contributed by atoms with Crippen LogP contribution in [-0.4, -0.2) is 35.5 Å². The number of hydrogen-bond acceptors (Lipinski definition) is 6. The molecule has 0 saturated carbocycles. The van der Waals surface area contributed by atoms with E-state index in [9.17, 15) is 4.79 Å². The molecule has 0 aliphatic carbocycles. The number of nitrogens with one attached hydrogen (secondary N) is 1. The number of ether oxygens (including phenoxy) is 1. The number of likely N-dealkylation sites (tertiary alicyclic amines) is 1. The molecule has 0 bridgehead atoms. The number of benzene rings is 1. The van der Waals surface area contributed by atoms with E-state index in [2.05, 4.69) is 34.7 Å². The molecule has 1 fully saturated rings. The summed E-state index contributed by atoms with van der Waals surface area (Å²) in [4.78, 5) is 22.9. The molecule has 2 aliphatic rings. The highest BCUT2D eigenvalue weighted by atomic mass is 32.1. The number of pyridine rings is 1. The van der Waals surface area contributed by atoms with Gasteiger partial charge in [0, 0.05) is 41.2 Å². The zero-order chi connectivity index (χ0) is 20.0. The second-order valence-corrected chi connectivity index (χ2v) is 8.59. The van der Waals surface area contributed by atoms with Crippen LogP contribution in [0, 0.1) is 6.92 Å². The number of piperidine rings is 1. The summed E-state index contributed by atoms with van der Waals surface area (Å²) in [6, 6.07) is 8.23. The maximum absolute atomic E-state index is 11.7. The monoisotopic (exact) mass is 406 g/mol. The average Bonchev–Trinajstić information content (AvgIpc) is 3.18. The van der Waals surface area contributed by atoms with Crippen molar-refractivity contribution in [2.24, 2.45) is 4.99 Å². The van der Waals surface area contributed by atoms with Crippen LogP contribution >= 0.6 is 11.3 Å². The molecular formula is C22H22N4O2S. The number of thiophene rings is 1. The van der Waals surface area contributed by atoms with E-state index >= 15 is 0 Å². The highest BCUT2D eigenvalue weighted by Gasteiger charge is 2.24. The molecule has 6 nitrogen and oxygen atoms in total. The van der Waals surface area contributed by atoms with Crippen LogP contribution in [0.25, 0.3) is 16.3 Å². The van der Waals surface area contributed by atoms with Gasteiger partial charge in [-0.3, -0.25) is 14.8 Å². The van der Waals surface area contributed by atoms with E-state index in [0.29, 0.717) is 13.0 Å². The third-order valence-corrected chi connectivity index (χ3v) is 6.36. The average molecular weight is 407 g/mol. The lowest BCUT2D eigenvalue weighted by Crippen LogP contribution is -2.42. The Balaban J connectivity index is 1.42. The summed E-state index contributed by atoms with van der Waals surface area (Å²) in [5, 5.41) is 8.57. The molecule has 4 heterocycles. The van der Waals surface area contributed by atoms with E-state index in [1.807, 2.05) is 31.6 Å². The van der Waals surface area contributed by atoms with Crippen molar-refractivity contribution in [2.45, 2.75) is 32.0 Å². The first kappa shape index (κ1) is 18.1. The Morgan fingerprint density at radius 1 is 1.31 bits per heavy atom. The zero-order valence-corrected chi connectivity index (χ0v) is 17.2. The zero-order valence-electron chi connectivity index (χ0n) is 16.4. The highest BCUT2D eigenvalue weighted by molar-refractivity contribution is 7.17. The van der Waals surface area contributed by atoms with Gasteiger partial charge in [0.25, 0.3) is 0 Å². The minimum Gasteiger partial charge on any atom is -0.489 e. The lowest BCUT2D eigenvalue weighted by Gasteiger charge is -2.30. The van der Waals surface area contributed by atoms with Crippen LogP contribution < -0.4 is 20.6 Å². The minimum atomic E-state index is -0.197. The first-order chi connectivity index (χ1) is 14.1. The Kier molecular flexibility index (Phi) is 4.47. The van der Waals surface area contributed by atoms with E-state index in [4.69, 9.17) is 9.73 Å². The van der Waals surface area contributed by atoms with Crippen LogP contribution in [-0.2, 0) is 4.79 Å². The molecule has 2 aliphatic heterocycles. The third-order valence-electron chi connectivity index (χ3n) is 5.48. The smallest absolute Gasteiger partial charge is 0.222 e. The third kappa shape index (κ3) is 3.46.